The van der Waals surface area contributed by atoms with Gasteiger partial charge in [0.25, 0.3) is 0 Å². The van der Waals surface area contributed by atoms with Gasteiger partial charge in [-0.05, 0) is 43.8 Å². The molecule has 0 saturated heterocycles. The first-order valence-electron chi connectivity index (χ1n) is 5.65. The summed E-state index contributed by atoms with van der Waals surface area (Å²) < 4.78 is 0. The minimum absolute atomic E-state index is 0.0132. The first-order valence-corrected chi connectivity index (χ1v) is 6.53. The predicted molar refractivity (Wildman–Crippen MR) is 70.1 cm³/mol. The van der Waals surface area contributed by atoms with Crippen LogP contribution in [0.1, 0.15) is 37.0 Å². The van der Waals surface area contributed by atoms with E-state index >= 15 is 0 Å². The summed E-state index contributed by atoms with van der Waals surface area (Å²) in [7, 11) is 0. The quantitative estimate of drug-likeness (QED) is 0.777. The number of nitrogens with zero attached hydrogens (tertiary/aromatic N) is 1. The van der Waals surface area contributed by atoms with Crippen molar-refractivity contribution < 1.29 is 0 Å². The van der Waals surface area contributed by atoms with Gasteiger partial charge in [0.05, 0.1) is 5.69 Å². The molecular formula is C14H17NS. The van der Waals surface area contributed by atoms with E-state index in [2.05, 4.69) is 56.5 Å². The number of rotatable bonds is 3. The lowest BCUT2D eigenvalue weighted by Crippen LogP contribution is -2.19. The third-order valence-electron chi connectivity index (χ3n) is 2.95. The van der Waals surface area contributed by atoms with Gasteiger partial charge in [-0.2, -0.15) is 0 Å². The third-order valence-corrected chi connectivity index (χ3v) is 4.14. The molecule has 2 aromatic heterocycles. The highest BCUT2D eigenvalue weighted by Gasteiger charge is 2.25. The molecule has 0 unspecified atom stereocenters. The minimum Gasteiger partial charge on any atom is -0.257 e. The molecule has 0 aliphatic carbocycles. The molecule has 16 heavy (non-hydrogen) atoms. The van der Waals surface area contributed by atoms with Crippen molar-refractivity contribution in [1.29, 1.82) is 0 Å². The van der Waals surface area contributed by atoms with Gasteiger partial charge in [-0.3, -0.25) is 4.98 Å². The summed E-state index contributed by atoms with van der Waals surface area (Å²) in [6, 6.07) is 10.6. The molecule has 0 spiro atoms. The maximum atomic E-state index is 4.73. The molecule has 2 heteroatoms. The van der Waals surface area contributed by atoms with Crippen LogP contribution in [0.25, 0.3) is 0 Å². The van der Waals surface area contributed by atoms with Crippen LogP contribution in [-0.4, -0.2) is 4.98 Å². The molecule has 0 atom stereocenters. The zero-order valence-corrected chi connectivity index (χ0v) is 10.8. The molecular weight excluding hydrogens is 214 g/mol. The Morgan fingerprint density at radius 3 is 2.62 bits per heavy atom. The summed E-state index contributed by atoms with van der Waals surface area (Å²) in [5.74, 6) is 0. The average Bonchev–Trinajstić information content (AvgIpc) is 2.83. The minimum atomic E-state index is 0.0132. The third kappa shape index (κ3) is 2.03. The molecule has 0 aromatic carbocycles. The zero-order valence-electron chi connectivity index (χ0n) is 10.0. The lowest BCUT2D eigenvalue weighted by atomic mass is 9.87. The van der Waals surface area contributed by atoms with E-state index in [1.807, 2.05) is 0 Å². The second-order valence-corrected chi connectivity index (χ2v) is 5.42. The highest BCUT2D eigenvalue weighted by atomic mass is 32.1. The lowest BCUT2D eigenvalue weighted by Gasteiger charge is -2.23. The van der Waals surface area contributed by atoms with Crippen LogP contribution >= 0.6 is 11.3 Å². The van der Waals surface area contributed by atoms with Crippen molar-refractivity contribution in [3.63, 3.8) is 0 Å². The molecule has 2 rings (SSSR count). The van der Waals surface area contributed by atoms with E-state index in [9.17, 15) is 0 Å². The topological polar surface area (TPSA) is 12.9 Å². The Bertz CT molecular complexity index is 457. The smallest absolute Gasteiger partial charge is 0.0515 e. The lowest BCUT2D eigenvalue weighted by molar-refractivity contribution is 0.626. The van der Waals surface area contributed by atoms with Gasteiger partial charge in [0, 0.05) is 16.0 Å². The Labute approximate surface area is 101 Å². The van der Waals surface area contributed by atoms with E-state index < -0.39 is 0 Å². The molecule has 1 nitrogen and oxygen atoms in total. The van der Waals surface area contributed by atoms with Crippen LogP contribution in [0.5, 0.6) is 0 Å². The Hall–Kier alpha value is -1.15. The maximum absolute atomic E-state index is 4.73. The van der Waals surface area contributed by atoms with E-state index in [1.165, 1.54) is 10.6 Å². The van der Waals surface area contributed by atoms with Gasteiger partial charge >= 0.3 is 0 Å². The van der Waals surface area contributed by atoms with Crippen molar-refractivity contribution in [2.24, 2.45) is 0 Å². The van der Waals surface area contributed by atoms with E-state index in [0.717, 1.165) is 12.1 Å². The number of thiophene rings is 1. The van der Waals surface area contributed by atoms with Crippen molar-refractivity contribution in [2.45, 2.75) is 32.6 Å². The van der Waals surface area contributed by atoms with Gasteiger partial charge in [0.15, 0.2) is 0 Å². The molecule has 2 aromatic rings. The van der Waals surface area contributed by atoms with Crippen LogP contribution in [0, 0.1) is 0 Å². The second kappa shape index (κ2) is 4.38. The van der Waals surface area contributed by atoms with E-state index in [1.54, 1.807) is 11.3 Å². The summed E-state index contributed by atoms with van der Waals surface area (Å²) in [5, 5.41) is 2.13. The summed E-state index contributed by atoms with van der Waals surface area (Å²) in [6.45, 7) is 6.62. The fraction of sp³-hybridized carbons (Fsp3) is 0.357. The maximum Gasteiger partial charge on any atom is 0.0515 e. The number of hydrogen-bond acceptors (Lipinski definition) is 2. The van der Waals surface area contributed by atoms with Crippen molar-refractivity contribution in [3.8, 4) is 0 Å². The second-order valence-electron chi connectivity index (χ2n) is 4.47. The zero-order chi connectivity index (χ0) is 11.6. The predicted octanol–water partition coefficient (Wildman–Crippen LogP) is 4.03. The van der Waals surface area contributed by atoms with E-state index in [-0.39, 0.29) is 5.41 Å². The fourth-order valence-corrected chi connectivity index (χ4v) is 2.65. The van der Waals surface area contributed by atoms with E-state index in [0.29, 0.717) is 0 Å². The van der Waals surface area contributed by atoms with Crippen LogP contribution < -0.4 is 0 Å². The molecule has 0 fully saturated rings. The summed E-state index contributed by atoms with van der Waals surface area (Å²) in [6.07, 6.45) is 0.994. The highest BCUT2D eigenvalue weighted by molar-refractivity contribution is 7.10. The van der Waals surface area contributed by atoms with Gasteiger partial charge in [-0.15, -0.1) is 11.3 Å². The van der Waals surface area contributed by atoms with Crippen LogP contribution in [0.4, 0.5) is 0 Å². The average molecular weight is 231 g/mol. The first-order chi connectivity index (χ1) is 7.64. The van der Waals surface area contributed by atoms with Gasteiger partial charge in [-0.1, -0.05) is 19.1 Å². The Balaban J connectivity index is 2.42. The summed E-state index contributed by atoms with van der Waals surface area (Å²) >= 11 is 1.80. The molecule has 0 aliphatic rings. The Kier molecular flexibility index (Phi) is 3.10. The molecule has 0 saturated carbocycles. The normalized spacial score (nSPS) is 11.7. The number of aromatic nitrogens is 1. The highest BCUT2D eigenvalue weighted by Crippen LogP contribution is 2.33. The molecule has 0 radical (unpaired) electrons. The van der Waals surface area contributed by atoms with Gasteiger partial charge in [0.1, 0.15) is 0 Å². The van der Waals surface area contributed by atoms with Crippen LogP contribution in [-0.2, 0) is 11.8 Å². The van der Waals surface area contributed by atoms with Crippen molar-refractivity contribution in [3.05, 3.63) is 52.0 Å². The van der Waals surface area contributed by atoms with Gasteiger partial charge < -0.3 is 0 Å². The van der Waals surface area contributed by atoms with Crippen molar-refractivity contribution >= 4 is 11.3 Å². The molecule has 0 aliphatic heterocycles. The largest absolute Gasteiger partial charge is 0.257 e. The molecule has 0 N–H and O–H groups in total. The van der Waals surface area contributed by atoms with Crippen molar-refractivity contribution in [2.75, 3.05) is 0 Å². The SMILES string of the molecule is CCc1cccc(C(C)(C)c2cccs2)n1. The summed E-state index contributed by atoms with van der Waals surface area (Å²) in [5.41, 5.74) is 2.34. The number of aryl methyl sites for hydroxylation is 1. The Morgan fingerprint density at radius 1 is 1.19 bits per heavy atom. The first kappa shape index (κ1) is 11.3. The molecule has 0 amide bonds. The number of pyridine rings is 1. The fourth-order valence-electron chi connectivity index (χ4n) is 1.79. The van der Waals surface area contributed by atoms with Crippen LogP contribution in [0.2, 0.25) is 0 Å². The van der Waals surface area contributed by atoms with E-state index in [4.69, 9.17) is 4.98 Å². The standard InChI is InChI=1S/C14H17NS/c1-4-11-7-5-8-12(15-11)14(2,3)13-9-6-10-16-13/h5-10H,4H2,1-3H3. The van der Waals surface area contributed by atoms with Crippen LogP contribution in [0.15, 0.2) is 35.7 Å². The van der Waals surface area contributed by atoms with Gasteiger partial charge in [0.2, 0.25) is 0 Å². The van der Waals surface area contributed by atoms with Crippen molar-refractivity contribution in [1.82, 2.24) is 4.98 Å². The molecule has 0 bridgehead atoms. The molecule has 84 valence electrons. The van der Waals surface area contributed by atoms with Crippen LogP contribution in [0.3, 0.4) is 0 Å². The Morgan fingerprint density at radius 2 is 2.00 bits per heavy atom. The summed E-state index contributed by atoms with van der Waals surface area (Å²) in [4.78, 5) is 6.09. The number of hydrogen-bond donors (Lipinski definition) is 0. The van der Waals surface area contributed by atoms with Gasteiger partial charge in [-0.25, -0.2) is 0 Å². The monoisotopic (exact) mass is 231 g/mol. The molecule has 2 heterocycles.